The predicted molar refractivity (Wildman–Crippen MR) is 74.3 cm³/mol. The van der Waals surface area contributed by atoms with Crippen molar-refractivity contribution in [2.75, 3.05) is 0 Å². The van der Waals surface area contributed by atoms with E-state index in [0.717, 1.165) is 30.3 Å². The molecule has 0 radical (unpaired) electrons. The molecule has 0 fully saturated rings. The zero-order chi connectivity index (χ0) is 13.1. The van der Waals surface area contributed by atoms with E-state index in [9.17, 15) is 4.79 Å². The summed E-state index contributed by atoms with van der Waals surface area (Å²) in [6.45, 7) is 4.83. The molecule has 2 rings (SSSR count). The zero-order valence-corrected chi connectivity index (χ0v) is 11.5. The highest BCUT2D eigenvalue weighted by Crippen LogP contribution is 2.28. The minimum atomic E-state index is -0.286. The molecule has 1 atom stereocenters. The van der Waals surface area contributed by atoms with Gasteiger partial charge in [-0.25, -0.2) is 4.79 Å². The Morgan fingerprint density at radius 1 is 1.33 bits per heavy atom. The maximum atomic E-state index is 11.7. The summed E-state index contributed by atoms with van der Waals surface area (Å²) in [6, 6.07) is 5.79. The number of hydrogen-bond donors (Lipinski definition) is 0. The molecule has 0 saturated carbocycles. The summed E-state index contributed by atoms with van der Waals surface area (Å²) in [5.74, 6) is -0.286. The standard InChI is InChI=1S/C14H18ClNO2/c1-3-5-11(15)10-6-7-12-13(9-10)18-14(17)16(12)8-4-2/h6-7,9,11H,3-5,8H2,1-2H3. The largest absolute Gasteiger partial charge is 0.419 e. The van der Waals surface area contributed by atoms with E-state index in [1.54, 1.807) is 4.57 Å². The number of benzene rings is 1. The number of aryl methyl sites for hydroxylation is 1. The van der Waals surface area contributed by atoms with Crippen LogP contribution in [0.5, 0.6) is 0 Å². The molecule has 1 aromatic heterocycles. The number of alkyl halides is 1. The highest BCUT2D eigenvalue weighted by atomic mass is 35.5. The first-order valence-corrected chi connectivity index (χ1v) is 6.88. The van der Waals surface area contributed by atoms with Crippen molar-refractivity contribution in [2.45, 2.75) is 45.0 Å². The van der Waals surface area contributed by atoms with Crippen LogP contribution in [0.25, 0.3) is 11.1 Å². The molecule has 3 nitrogen and oxygen atoms in total. The van der Waals surface area contributed by atoms with Crippen molar-refractivity contribution in [3.8, 4) is 0 Å². The van der Waals surface area contributed by atoms with Crippen molar-refractivity contribution < 1.29 is 4.42 Å². The molecule has 0 bridgehead atoms. The summed E-state index contributed by atoms with van der Waals surface area (Å²) in [6.07, 6.45) is 2.87. The van der Waals surface area contributed by atoms with E-state index in [0.29, 0.717) is 12.1 Å². The topological polar surface area (TPSA) is 35.1 Å². The first-order chi connectivity index (χ1) is 8.67. The van der Waals surface area contributed by atoms with E-state index in [4.69, 9.17) is 16.0 Å². The van der Waals surface area contributed by atoms with E-state index >= 15 is 0 Å². The minimum Gasteiger partial charge on any atom is -0.408 e. The highest BCUT2D eigenvalue weighted by molar-refractivity contribution is 6.20. The molecule has 1 unspecified atom stereocenters. The molecular formula is C14H18ClNO2. The van der Waals surface area contributed by atoms with Crippen LogP contribution in [0.3, 0.4) is 0 Å². The van der Waals surface area contributed by atoms with Gasteiger partial charge in [-0.15, -0.1) is 11.6 Å². The molecule has 0 saturated heterocycles. The Morgan fingerprint density at radius 3 is 2.78 bits per heavy atom. The van der Waals surface area contributed by atoms with Gasteiger partial charge in [0.05, 0.1) is 10.9 Å². The van der Waals surface area contributed by atoms with Gasteiger partial charge in [0.1, 0.15) is 0 Å². The van der Waals surface area contributed by atoms with Gasteiger partial charge in [0, 0.05) is 6.54 Å². The second-order valence-electron chi connectivity index (χ2n) is 4.50. The smallest absolute Gasteiger partial charge is 0.408 e. The van der Waals surface area contributed by atoms with Gasteiger partial charge in [-0.1, -0.05) is 26.3 Å². The summed E-state index contributed by atoms with van der Waals surface area (Å²) in [4.78, 5) is 11.7. The summed E-state index contributed by atoms with van der Waals surface area (Å²) in [7, 11) is 0. The number of oxazole rings is 1. The van der Waals surface area contributed by atoms with Gasteiger partial charge < -0.3 is 4.42 Å². The van der Waals surface area contributed by atoms with E-state index in [1.165, 1.54) is 0 Å². The molecule has 1 aromatic carbocycles. The maximum absolute atomic E-state index is 11.7. The van der Waals surface area contributed by atoms with Crippen molar-refractivity contribution in [1.29, 1.82) is 0 Å². The lowest BCUT2D eigenvalue weighted by Crippen LogP contribution is -2.13. The summed E-state index contributed by atoms with van der Waals surface area (Å²) in [5, 5.41) is -0.0146. The number of fused-ring (bicyclic) bond motifs is 1. The number of hydrogen-bond acceptors (Lipinski definition) is 2. The summed E-state index contributed by atoms with van der Waals surface area (Å²) >= 11 is 6.29. The third-order valence-electron chi connectivity index (χ3n) is 3.04. The van der Waals surface area contributed by atoms with Crippen molar-refractivity contribution >= 4 is 22.7 Å². The SMILES string of the molecule is CCCC(Cl)c1ccc2c(c1)oc(=O)n2CCC. The summed E-state index contributed by atoms with van der Waals surface area (Å²) in [5.41, 5.74) is 2.50. The predicted octanol–water partition coefficient (Wildman–Crippen LogP) is 4.08. The summed E-state index contributed by atoms with van der Waals surface area (Å²) < 4.78 is 6.94. The van der Waals surface area contributed by atoms with Crippen LogP contribution >= 0.6 is 11.6 Å². The van der Waals surface area contributed by atoms with Gasteiger partial charge >= 0.3 is 5.76 Å². The zero-order valence-electron chi connectivity index (χ0n) is 10.8. The third-order valence-corrected chi connectivity index (χ3v) is 3.51. The molecule has 0 aliphatic rings. The lowest BCUT2D eigenvalue weighted by atomic mass is 10.1. The normalized spacial score (nSPS) is 13.1. The lowest BCUT2D eigenvalue weighted by Gasteiger charge is -2.07. The fourth-order valence-corrected chi connectivity index (χ4v) is 2.49. The third kappa shape index (κ3) is 2.46. The van der Waals surface area contributed by atoms with E-state index in [1.807, 2.05) is 25.1 Å². The number of aromatic nitrogens is 1. The molecule has 0 aliphatic heterocycles. The van der Waals surface area contributed by atoms with Crippen LogP contribution < -0.4 is 5.76 Å². The quantitative estimate of drug-likeness (QED) is 0.765. The van der Waals surface area contributed by atoms with Crippen LogP contribution in [0.15, 0.2) is 27.4 Å². The van der Waals surface area contributed by atoms with Crippen LogP contribution in [0.4, 0.5) is 0 Å². The molecule has 2 aromatic rings. The fourth-order valence-electron chi connectivity index (χ4n) is 2.13. The number of nitrogens with zero attached hydrogens (tertiary/aromatic N) is 1. The molecular weight excluding hydrogens is 250 g/mol. The monoisotopic (exact) mass is 267 g/mol. The molecule has 0 aliphatic carbocycles. The molecule has 0 spiro atoms. The van der Waals surface area contributed by atoms with Gasteiger partial charge in [-0.2, -0.15) is 0 Å². The van der Waals surface area contributed by atoms with Crippen molar-refractivity contribution in [3.05, 3.63) is 34.3 Å². The Hall–Kier alpha value is -1.22. The van der Waals surface area contributed by atoms with Crippen molar-refractivity contribution in [1.82, 2.24) is 4.57 Å². The maximum Gasteiger partial charge on any atom is 0.419 e. The Balaban J connectivity index is 2.44. The van der Waals surface area contributed by atoms with Crippen LogP contribution in [0.2, 0.25) is 0 Å². The van der Waals surface area contributed by atoms with Crippen molar-refractivity contribution in [3.63, 3.8) is 0 Å². The minimum absolute atomic E-state index is 0.0146. The molecule has 1 heterocycles. The lowest BCUT2D eigenvalue weighted by molar-refractivity contribution is 0.502. The Kier molecular flexibility index (Phi) is 4.12. The van der Waals surface area contributed by atoms with Crippen LogP contribution in [0.1, 0.15) is 44.1 Å². The van der Waals surface area contributed by atoms with Crippen LogP contribution in [0, 0.1) is 0 Å². The Labute approximate surface area is 111 Å². The first kappa shape index (κ1) is 13.2. The molecule has 98 valence electrons. The molecule has 0 N–H and O–H groups in total. The first-order valence-electron chi connectivity index (χ1n) is 6.44. The van der Waals surface area contributed by atoms with Crippen LogP contribution in [-0.4, -0.2) is 4.57 Å². The Bertz CT molecular complexity index is 585. The van der Waals surface area contributed by atoms with Gasteiger partial charge in [-0.05, 0) is 30.5 Å². The highest BCUT2D eigenvalue weighted by Gasteiger charge is 2.12. The van der Waals surface area contributed by atoms with Gasteiger partial charge in [-0.3, -0.25) is 4.57 Å². The number of rotatable bonds is 5. The van der Waals surface area contributed by atoms with E-state index in [2.05, 4.69) is 6.92 Å². The molecule has 4 heteroatoms. The molecule has 0 amide bonds. The fraction of sp³-hybridized carbons (Fsp3) is 0.500. The van der Waals surface area contributed by atoms with Gasteiger partial charge in [0.2, 0.25) is 0 Å². The van der Waals surface area contributed by atoms with Crippen molar-refractivity contribution in [2.24, 2.45) is 0 Å². The molecule has 18 heavy (non-hydrogen) atoms. The Morgan fingerprint density at radius 2 is 2.11 bits per heavy atom. The second-order valence-corrected chi connectivity index (χ2v) is 5.03. The number of halogens is 1. The van der Waals surface area contributed by atoms with E-state index in [-0.39, 0.29) is 11.1 Å². The average Bonchev–Trinajstić information content (AvgIpc) is 2.66. The van der Waals surface area contributed by atoms with Gasteiger partial charge in [0.15, 0.2) is 5.58 Å². The van der Waals surface area contributed by atoms with Crippen LogP contribution in [-0.2, 0) is 6.54 Å². The van der Waals surface area contributed by atoms with E-state index < -0.39 is 0 Å². The second kappa shape index (κ2) is 5.61. The average molecular weight is 268 g/mol. The van der Waals surface area contributed by atoms with Gasteiger partial charge in [0.25, 0.3) is 0 Å².